The molecule has 2 rings (SSSR count). The van der Waals surface area contributed by atoms with Gasteiger partial charge in [0.25, 0.3) is 0 Å². The van der Waals surface area contributed by atoms with Gasteiger partial charge < -0.3 is 10.4 Å². The predicted molar refractivity (Wildman–Crippen MR) is 68.4 cm³/mol. The number of carboxylic acid groups (broad SMARTS) is 1. The molecule has 1 unspecified atom stereocenters. The van der Waals surface area contributed by atoms with E-state index in [0.717, 1.165) is 18.4 Å². The van der Waals surface area contributed by atoms with E-state index in [0.29, 0.717) is 6.42 Å². The lowest BCUT2D eigenvalue weighted by Crippen LogP contribution is -2.45. The highest BCUT2D eigenvalue weighted by molar-refractivity contribution is 6.01. The molecule has 1 aromatic rings. The monoisotopic (exact) mass is 265 g/mol. The third-order valence-corrected chi connectivity index (χ3v) is 3.56. The van der Waals surface area contributed by atoms with Gasteiger partial charge in [0, 0.05) is 19.3 Å². The van der Waals surface area contributed by atoms with Crippen molar-refractivity contribution < 1.29 is 14.7 Å². The molecule has 0 radical (unpaired) electrons. The molecular formula is C13H19N3O3. The molecule has 1 saturated carbocycles. The first-order valence-electron chi connectivity index (χ1n) is 6.44. The molecule has 1 heterocycles. The molecular weight excluding hydrogens is 246 g/mol. The van der Waals surface area contributed by atoms with Gasteiger partial charge in [0.15, 0.2) is 0 Å². The fraction of sp³-hybridized carbons (Fsp3) is 0.615. The summed E-state index contributed by atoms with van der Waals surface area (Å²) in [5.41, 5.74) is -0.437. The van der Waals surface area contributed by atoms with Gasteiger partial charge in [-0.3, -0.25) is 14.3 Å². The van der Waals surface area contributed by atoms with Crippen molar-refractivity contribution in [1.29, 1.82) is 0 Å². The third-order valence-electron chi connectivity index (χ3n) is 3.56. The van der Waals surface area contributed by atoms with Crippen LogP contribution in [0.3, 0.4) is 0 Å². The summed E-state index contributed by atoms with van der Waals surface area (Å²) in [7, 11) is 1.81. The number of aryl methyl sites for hydroxylation is 2. The topological polar surface area (TPSA) is 84.2 Å². The molecule has 1 atom stereocenters. The zero-order valence-corrected chi connectivity index (χ0v) is 11.2. The number of hydrogen-bond donors (Lipinski definition) is 2. The summed E-state index contributed by atoms with van der Waals surface area (Å²) in [6.07, 6.45) is 6.22. The van der Waals surface area contributed by atoms with Crippen LogP contribution < -0.4 is 5.32 Å². The van der Waals surface area contributed by atoms with Crippen molar-refractivity contribution in [1.82, 2.24) is 15.1 Å². The number of aliphatic carboxylic acids is 1. The lowest BCUT2D eigenvalue weighted by molar-refractivity contribution is -0.155. The van der Waals surface area contributed by atoms with Crippen molar-refractivity contribution in [3.05, 3.63) is 18.0 Å². The Morgan fingerprint density at radius 1 is 1.58 bits per heavy atom. The van der Waals surface area contributed by atoms with Crippen LogP contribution in [0.5, 0.6) is 0 Å². The van der Waals surface area contributed by atoms with Crippen molar-refractivity contribution in [2.24, 2.45) is 12.5 Å². The minimum absolute atomic E-state index is 0.171. The molecule has 6 heteroatoms. The quantitative estimate of drug-likeness (QED) is 0.742. The van der Waals surface area contributed by atoms with Crippen LogP contribution >= 0.6 is 0 Å². The zero-order chi connectivity index (χ0) is 14.0. The summed E-state index contributed by atoms with van der Waals surface area (Å²) in [5, 5.41) is 16.1. The first kappa shape index (κ1) is 13.6. The van der Waals surface area contributed by atoms with Crippen LogP contribution in [0.1, 0.15) is 31.7 Å². The van der Waals surface area contributed by atoms with Gasteiger partial charge in [-0.2, -0.15) is 5.10 Å². The Bertz CT molecular complexity index is 493. The van der Waals surface area contributed by atoms with Gasteiger partial charge in [-0.05, 0) is 38.2 Å². The van der Waals surface area contributed by atoms with Crippen LogP contribution in [0.4, 0.5) is 0 Å². The van der Waals surface area contributed by atoms with E-state index in [4.69, 9.17) is 0 Å². The Morgan fingerprint density at radius 3 is 2.74 bits per heavy atom. The number of nitrogens with zero attached hydrogens (tertiary/aromatic N) is 2. The van der Waals surface area contributed by atoms with Gasteiger partial charge >= 0.3 is 5.97 Å². The van der Waals surface area contributed by atoms with Gasteiger partial charge in [0.05, 0.1) is 6.20 Å². The summed E-state index contributed by atoms with van der Waals surface area (Å²) in [4.78, 5) is 23.5. The normalized spacial score (nSPS) is 17.8. The molecule has 1 aliphatic rings. The van der Waals surface area contributed by atoms with Crippen LogP contribution in [-0.4, -0.2) is 32.8 Å². The SMILES string of the molecule is Cn1cc(CCC(C)(C(=O)O)C(=O)NC2CC2)cn1. The highest BCUT2D eigenvalue weighted by Gasteiger charge is 2.42. The molecule has 1 fully saturated rings. The minimum atomic E-state index is -1.38. The Kier molecular flexibility index (Phi) is 3.59. The van der Waals surface area contributed by atoms with Crippen LogP contribution in [0.25, 0.3) is 0 Å². The Labute approximate surface area is 111 Å². The lowest BCUT2D eigenvalue weighted by Gasteiger charge is -2.23. The molecule has 0 aliphatic heterocycles. The van der Waals surface area contributed by atoms with Crippen molar-refractivity contribution in [3.8, 4) is 0 Å². The van der Waals surface area contributed by atoms with E-state index >= 15 is 0 Å². The standard InChI is InChI=1S/C13H19N3O3/c1-13(12(18)19,11(17)15-10-3-4-10)6-5-9-7-14-16(2)8-9/h7-8,10H,3-6H2,1-2H3,(H,15,17)(H,18,19). The van der Waals surface area contributed by atoms with Gasteiger partial charge in [-0.25, -0.2) is 0 Å². The van der Waals surface area contributed by atoms with Crippen molar-refractivity contribution in [2.45, 2.75) is 38.6 Å². The van der Waals surface area contributed by atoms with Crippen molar-refractivity contribution in [2.75, 3.05) is 0 Å². The summed E-state index contributed by atoms with van der Waals surface area (Å²) >= 11 is 0. The van der Waals surface area contributed by atoms with Gasteiger partial charge in [0.2, 0.25) is 5.91 Å². The zero-order valence-electron chi connectivity index (χ0n) is 11.2. The van der Waals surface area contributed by atoms with Crippen molar-refractivity contribution >= 4 is 11.9 Å². The smallest absolute Gasteiger partial charge is 0.318 e. The van der Waals surface area contributed by atoms with Gasteiger partial charge in [-0.15, -0.1) is 0 Å². The molecule has 0 aromatic carbocycles. The number of carbonyl (C=O) groups excluding carboxylic acids is 1. The Morgan fingerprint density at radius 2 is 2.26 bits per heavy atom. The number of amides is 1. The lowest BCUT2D eigenvalue weighted by atomic mass is 9.83. The number of carbonyl (C=O) groups is 2. The maximum atomic E-state index is 12.1. The van der Waals surface area contributed by atoms with Crippen LogP contribution in [0, 0.1) is 5.41 Å². The summed E-state index contributed by atoms with van der Waals surface area (Å²) in [6.45, 7) is 1.49. The molecule has 2 N–H and O–H groups in total. The van der Waals surface area contributed by atoms with Crippen LogP contribution in [-0.2, 0) is 23.1 Å². The average molecular weight is 265 g/mol. The molecule has 6 nitrogen and oxygen atoms in total. The van der Waals surface area contributed by atoms with E-state index in [1.165, 1.54) is 6.92 Å². The Balaban J connectivity index is 2.01. The maximum absolute atomic E-state index is 12.1. The largest absolute Gasteiger partial charge is 0.480 e. The number of aromatic nitrogens is 2. The second kappa shape index (κ2) is 5.03. The molecule has 0 bridgehead atoms. The first-order chi connectivity index (χ1) is 8.91. The second-order valence-corrected chi connectivity index (χ2v) is 5.41. The molecule has 19 heavy (non-hydrogen) atoms. The number of rotatable bonds is 6. The van der Waals surface area contributed by atoms with E-state index in [9.17, 15) is 14.7 Å². The fourth-order valence-electron chi connectivity index (χ4n) is 1.89. The first-order valence-corrected chi connectivity index (χ1v) is 6.44. The minimum Gasteiger partial charge on any atom is -0.480 e. The molecule has 0 saturated heterocycles. The van der Waals surface area contributed by atoms with Gasteiger partial charge in [-0.1, -0.05) is 0 Å². The predicted octanol–water partition coefficient (Wildman–Crippen LogP) is 0.722. The Hall–Kier alpha value is -1.85. The molecule has 0 spiro atoms. The van der Waals surface area contributed by atoms with E-state index < -0.39 is 11.4 Å². The van der Waals surface area contributed by atoms with E-state index in [-0.39, 0.29) is 18.4 Å². The van der Waals surface area contributed by atoms with Crippen LogP contribution in [0.2, 0.25) is 0 Å². The highest BCUT2D eigenvalue weighted by Crippen LogP contribution is 2.27. The summed E-state index contributed by atoms with van der Waals surface area (Å²) < 4.78 is 1.66. The molecule has 1 aliphatic carbocycles. The third kappa shape index (κ3) is 3.13. The number of hydrogen-bond acceptors (Lipinski definition) is 3. The second-order valence-electron chi connectivity index (χ2n) is 5.41. The maximum Gasteiger partial charge on any atom is 0.318 e. The number of nitrogens with one attached hydrogen (secondary N) is 1. The number of carboxylic acids is 1. The van der Waals surface area contributed by atoms with Gasteiger partial charge in [0.1, 0.15) is 5.41 Å². The summed E-state index contributed by atoms with van der Waals surface area (Å²) in [5.74, 6) is -1.46. The van der Waals surface area contributed by atoms with E-state index in [2.05, 4.69) is 10.4 Å². The van der Waals surface area contributed by atoms with Crippen molar-refractivity contribution in [3.63, 3.8) is 0 Å². The average Bonchev–Trinajstić information content (AvgIpc) is 3.06. The van der Waals surface area contributed by atoms with Crippen LogP contribution in [0.15, 0.2) is 12.4 Å². The molecule has 1 amide bonds. The highest BCUT2D eigenvalue weighted by atomic mass is 16.4. The summed E-state index contributed by atoms with van der Waals surface area (Å²) in [6, 6.07) is 0.171. The molecule has 104 valence electrons. The molecule has 1 aromatic heterocycles. The van der Waals surface area contributed by atoms with E-state index in [1.54, 1.807) is 17.9 Å². The fourth-order valence-corrected chi connectivity index (χ4v) is 1.89. The van der Waals surface area contributed by atoms with E-state index in [1.807, 2.05) is 6.20 Å².